The highest BCUT2D eigenvalue weighted by molar-refractivity contribution is 7.92. The molecule has 4 heteroatoms. The Hall–Kier alpha value is -0.0900. The molecule has 0 aromatic heterocycles. The van der Waals surface area contributed by atoms with E-state index < -0.39 is 9.84 Å². The van der Waals surface area contributed by atoms with Gasteiger partial charge in [0.15, 0.2) is 9.84 Å². The van der Waals surface area contributed by atoms with E-state index in [9.17, 15) is 8.42 Å². The van der Waals surface area contributed by atoms with E-state index >= 15 is 0 Å². The maximum Gasteiger partial charge on any atom is 0.154 e. The first-order valence-electron chi connectivity index (χ1n) is 4.46. The van der Waals surface area contributed by atoms with Crippen LogP contribution in [0.15, 0.2) is 0 Å². The molecule has 2 N–H and O–H groups in total. The Morgan fingerprint density at radius 2 is 2.00 bits per heavy atom. The van der Waals surface area contributed by atoms with Gasteiger partial charge in [-0.25, -0.2) is 8.42 Å². The third-order valence-corrected chi connectivity index (χ3v) is 4.93. The fourth-order valence-electron chi connectivity index (χ4n) is 1.37. The summed E-state index contributed by atoms with van der Waals surface area (Å²) in [6, 6.07) is -0.144. The lowest BCUT2D eigenvalue weighted by Gasteiger charge is -2.18. The van der Waals surface area contributed by atoms with Crippen molar-refractivity contribution in [1.82, 2.24) is 0 Å². The first-order chi connectivity index (χ1) is 5.49. The van der Waals surface area contributed by atoms with Gasteiger partial charge in [-0.05, 0) is 25.7 Å². The Balaban J connectivity index is 2.62. The smallest absolute Gasteiger partial charge is 0.154 e. The van der Waals surface area contributed by atoms with Crippen molar-refractivity contribution in [2.24, 2.45) is 11.7 Å². The molecule has 1 aliphatic carbocycles. The van der Waals surface area contributed by atoms with Gasteiger partial charge in [0.1, 0.15) is 0 Å². The molecule has 0 radical (unpaired) electrons. The summed E-state index contributed by atoms with van der Waals surface area (Å²) in [5, 5.41) is -0.366. The van der Waals surface area contributed by atoms with Gasteiger partial charge in [0.2, 0.25) is 0 Å². The lowest BCUT2D eigenvalue weighted by molar-refractivity contribution is 0.532. The topological polar surface area (TPSA) is 60.2 Å². The summed E-state index contributed by atoms with van der Waals surface area (Å²) in [4.78, 5) is 0. The van der Waals surface area contributed by atoms with Crippen LogP contribution in [0, 0.1) is 5.92 Å². The van der Waals surface area contributed by atoms with Crippen LogP contribution in [-0.2, 0) is 9.84 Å². The molecule has 0 aromatic rings. The second-order valence-corrected chi connectivity index (χ2v) is 6.22. The maximum absolute atomic E-state index is 11.4. The molecule has 2 unspecified atom stereocenters. The van der Waals surface area contributed by atoms with Gasteiger partial charge in [-0.3, -0.25) is 0 Å². The van der Waals surface area contributed by atoms with Gasteiger partial charge >= 0.3 is 0 Å². The summed E-state index contributed by atoms with van der Waals surface area (Å²) in [6.07, 6.45) is 2.20. The van der Waals surface area contributed by atoms with Crippen molar-refractivity contribution in [3.63, 3.8) is 0 Å². The van der Waals surface area contributed by atoms with Crippen LogP contribution in [0.25, 0.3) is 0 Å². The van der Waals surface area contributed by atoms with Crippen LogP contribution in [0.1, 0.15) is 26.7 Å². The molecule has 0 aliphatic heterocycles. The lowest BCUT2D eigenvalue weighted by Crippen LogP contribution is -2.40. The summed E-state index contributed by atoms with van der Waals surface area (Å²) in [5.74, 6) is 0.663. The van der Waals surface area contributed by atoms with E-state index in [1.54, 1.807) is 13.8 Å². The minimum absolute atomic E-state index is 0.144. The number of sulfone groups is 1. The molecule has 1 saturated carbocycles. The Morgan fingerprint density at radius 3 is 2.33 bits per heavy atom. The third-order valence-electron chi connectivity index (χ3n) is 2.68. The second kappa shape index (κ2) is 3.34. The molecular formula is C8H17NO2S. The van der Waals surface area contributed by atoms with E-state index in [0.29, 0.717) is 5.92 Å². The van der Waals surface area contributed by atoms with Crippen LogP contribution in [-0.4, -0.2) is 25.5 Å². The number of hydrogen-bond acceptors (Lipinski definition) is 3. The highest BCUT2D eigenvalue weighted by Crippen LogP contribution is 2.34. The largest absolute Gasteiger partial charge is 0.326 e. The van der Waals surface area contributed by atoms with Crippen molar-refractivity contribution in [2.45, 2.75) is 38.0 Å². The fourth-order valence-corrected chi connectivity index (χ4v) is 2.59. The van der Waals surface area contributed by atoms with Gasteiger partial charge < -0.3 is 5.73 Å². The standard InChI is InChI=1S/C8H17NO2S/c1-3-12(10,11)6(2)8(9)7-4-5-7/h6-8H,3-5,9H2,1-2H3. The van der Waals surface area contributed by atoms with Crippen molar-refractivity contribution in [2.75, 3.05) is 5.75 Å². The quantitative estimate of drug-likeness (QED) is 0.706. The molecular weight excluding hydrogens is 174 g/mol. The second-order valence-electron chi connectivity index (χ2n) is 3.57. The number of rotatable bonds is 4. The van der Waals surface area contributed by atoms with E-state index in [4.69, 9.17) is 5.73 Å². The van der Waals surface area contributed by atoms with Crippen molar-refractivity contribution in [3.05, 3.63) is 0 Å². The molecule has 3 nitrogen and oxygen atoms in total. The van der Waals surface area contributed by atoms with Crippen LogP contribution in [0.2, 0.25) is 0 Å². The fraction of sp³-hybridized carbons (Fsp3) is 1.00. The van der Waals surface area contributed by atoms with Crippen molar-refractivity contribution in [3.8, 4) is 0 Å². The van der Waals surface area contributed by atoms with E-state index in [1.807, 2.05) is 0 Å². The monoisotopic (exact) mass is 191 g/mol. The van der Waals surface area contributed by atoms with Crippen molar-refractivity contribution >= 4 is 9.84 Å². The summed E-state index contributed by atoms with van der Waals surface area (Å²) >= 11 is 0. The third kappa shape index (κ3) is 1.98. The minimum Gasteiger partial charge on any atom is -0.326 e. The minimum atomic E-state index is -2.93. The molecule has 0 heterocycles. The predicted octanol–water partition coefficient (Wildman–Crippen LogP) is 0.547. The zero-order valence-electron chi connectivity index (χ0n) is 7.66. The van der Waals surface area contributed by atoms with Crippen LogP contribution in [0.3, 0.4) is 0 Å². The van der Waals surface area contributed by atoms with Crippen LogP contribution < -0.4 is 5.73 Å². The molecule has 1 fully saturated rings. The lowest BCUT2D eigenvalue weighted by atomic mass is 10.1. The number of nitrogens with two attached hydrogens (primary N) is 1. The van der Waals surface area contributed by atoms with Gasteiger partial charge in [0.25, 0.3) is 0 Å². The average molecular weight is 191 g/mol. The molecule has 0 spiro atoms. The van der Waals surface area contributed by atoms with E-state index in [1.165, 1.54) is 0 Å². The summed E-state index contributed by atoms with van der Waals surface area (Å²) in [7, 11) is -2.93. The molecule has 72 valence electrons. The molecule has 0 saturated heterocycles. The van der Waals surface area contributed by atoms with E-state index in [0.717, 1.165) is 12.8 Å². The normalized spacial score (nSPS) is 23.6. The van der Waals surface area contributed by atoms with Crippen LogP contribution in [0.5, 0.6) is 0 Å². The summed E-state index contributed by atoms with van der Waals surface area (Å²) in [5.41, 5.74) is 5.81. The Labute approximate surface area is 74.3 Å². The van der Waals surface area contributed by atoms with Crippen LogP contribution in [0.4, 0.5) is 0 Å². The van der Waals surface area contributed by atoms with Gasteiger partial charge in [-0.15, -0.1) is 0 Å². The van der Waals surface area contributed by atoms with Gasteiger partial charge in [0.05, 0.1) is 5.25 Å². The maximum atomic E-state index is 11.4. The van der Waals surface area contributed by atoms with Crippen molar-refractivity contribution < 1.29 is 8.42 Å². The molecule has 0 aromatic carbocycles. The molecule has 1 rings (SSSR count). The van der Waals surface area contributed by atoms with Gasteiger partial charge in [0, 0.05) is 11.8 Å². The summed E-state index contributed by atoms with van der Waals surface area (Å²) in [6.45, 7) is 3.40. The molecule has 0 bridgehead atoms. The molecule has 0 amide bonds. The van der Waals surface area contributed by atoms with Crippen LogP contribution >= 0.6 is 0 Å². The Bertz CT molecular complexity index is 244. The Morgan fingerprint density at radius 1 is 1.50 bits per heavy atom. The first kappa shape index (κ1) is 9.99. The number of hydrogen-bond donors (Lipinski definition) is 1. The van der Waals surface area contributed by atoms with E-state index in [2.05, 4.69) is 0 Å². The highest BCUT2D eigenvalue weighted by Gasteiger charge is 2.36. The molecule has 12 heavy (non-hydrogen) atoms. The average Bonchev–Trinajstić information content (AvgIpc) is 2.84. The predicted molar refractivity (Wildman–Crippen MR) is 49.6 cm³/mol. The van der Waals surface area contributed by atoms with E-state index in [-0.39, 0.29) is 17.0 Å². The zero-order valence-corrected chi connectivity index (χ0v) is 8.47. The summed E-state index contributed by atoms with van der Waals surface area (Å²) < 4.78 is 22.8. The molecule has 1 aliphatic rings. The SMILES string of the molecule is CCS(=O)(=O)C(C)C(N)C1CC1. The highest BCUT2D eigenvalue weighted by atomic mass is 32.2. The molecule has 2 atom stereocenters. The first-order valence-corrected chi connectivity index (χ1v) is 6.17. The Kier molecular flexibility index (Phi) is 2.78. The van der Waals surface area contributed by atoms with Crippen molar-refractivity contribution in [1.29, 1.82) is 0 Å². The van der Waals surface area contributed by atoms with Gasteiger partial charge in [-0.2, -0.15) is 0 Å². The van der Waals surface area contributed by atoms with Gasteiger partial charge in [-0.1, -0.05) is 6.92 Å². The zero-order chi connectivity index (χ0) is 9.35.